The highest BCUT2D eigenvalue weighted by Crippen LogP contribution is 2.21. The molecule has 1 nitrogen and oxygen atoms in total. The quantitative estimate of drug-likeness (QED) is 0.397. The maximum atomic E-state index is 10.6. The molecule has 0 aromatic rings. The highest BCUT2D eigenvalue weighted by molar-refractivity contribution is 5.57. The fraction of sp³-hybridized carbons (Fsp3) is 0.923. The molecule has 0 aromatic carbocycles. The van der Waals surface area contributed by atoms with Crippen LogP contribution >= 0.6 is 0 Å². The smallest absolute Gasteiger partial charge is 0.125 e. The lowest BCUT2D eigenvalue weighted by Gasteiger charge is -2.15. The molecule has 14 heavy (non-hydrogen) atoms. The van der Waals surface area contributed by atoms with Crippen molar-refractivity contribution >= 4 is 6.29 Å². The van der Waals surface area contributed by atoms with Crippen molar-refractivity contribution in [2.45, 2.75) is 72.1 Å². The zero-order valence-corrected chi connectivity index (χ0v) is 10.1. The van der Waals surface area contributed by atoms with Crippen LogP contribution in [0, 0.1) is 5.41 Å². The number of hydrogen-bond donors (Lipinski definition) is 0. The summed E-state index contributed by atoms with van der Waals surface area (Å²) >= 11 is 0. The topological polar surface area (TPSA) is 17.1 Å². The van der Waals surface area contributed by atoms with Crippen LogP contribution in [0.15, 0.2) is 0 Å². The molecule has 0 radical (unpaired) electrons. The number of unbranched alkanes of at least 4 members (excludes halogenated alkanes) is 6. The molecule has 0 saturated carbocycles. The second-order valence-corrected chi connectivity index (χ2v) is 4.98. The molecule has 0 N–H and O–H groups in total. The van der Waals surface area contributed by atoms with Gasteiger partial charge < -0.3 is 4.79 Å². The summed E-state index contributed by atoms with van der Waals surface area (Å²) in [5.74, 6) is 0. The zero-order chi connectivity index (χ0) is 10.9. The Labute approximate surface area is 89.3 Å². The Morgan fingerprint density at radius 3 is 1.93 bits per heavy atom. The summed E-state index contributed by atoms with van der Waals surface area (Å²) < 4.78 is 0. The average Bonchev–Trinajstić information content (AvgIpc) is 2.16. The third-order valence-electron chi connectivity index (χ3n) is 2.74. The van der Waals surface area contributed by atoms with Crippen LogP contribution in [0.1, 0.15) is 72.1 Å². The lowest BCUT2D eigenvalue weighted by molar-refractivity contribution is -0.115. The van der Waals surface area contributed by atoms with Crippen molar-refractivity contribution in [2.75, 3.05) is 0 Å². The molecule has 0 unspecified atom stereocenters. The summed E-state index contributed by atoms with van der Waals surface area (Å²) in [5, 5.41) is 0. The van der Waals surface area contributed by atoms with E-state index < -0.39 is 0 Å². The number of hydrogen-bond acceptors (Lipinski definition) is 1. The van der Waals surface area contributed by atoms with Gasteiger partial charge >= 0.3 is 0 Å². The minimum absolute atomic E-state index is 0.0938. The van der Waals surface area contributed by atoms with Gasteiger partial charge in [-0.2, -0.15) is 0 Å². The molecule has 0 atom stereocenters. The first kappa shape index (κ1) is 13.7. The van der Waals surface area contributed by atoms with Gasteiger partial charge in [-0.05, 0) is 6.42 Å². The molecule has 0 saturated heterocycles. The van der Waals surface area contributed by atoms with Crippen molar-refractivity contribution in [2.24, 2.45) is 5.41 Å². The van der Waals surface area contributed by atoms with Crippen LogP contribution in [0.2, 0.25) is 0 Å². The second kappa shape index (κ2) is 8.02. The molecule has 0 heterocycles. The van der Waals surface area contributed by atoms with Crippen molar-refractivity contribution in [3.8, 4) is 0 Å². The first-order chi connectivity index (χ1) is 6.62. The van der Waals surface area contributed by atoms with E-state index in [1.807, 2.05) is 13.8 Å². The Bertz CT molecular complexity index is 138. The minimum atomic E-state index is -0.0938. The molecule has 0 aromatic heterocycles. The van der Waals surface area contributed by atoms with E-state index in [2.05, 4.69) is 6.92 Å². The van der Waals surface area contributed by atoms with Crippen molar-refractivity contribution < 1.29 is 4.79 Å². The van der Waals surface area contributed by atoms with E-state index in [0.717, 1.165) is 12.7 Å². The number of rotatable bonds is 9. The second-order valence-electron chi connectivity index (χ2n) is 4.98. The molecule has 0 fully saturated rings. The van der Waals surface area contributed by atoms with Gasteiger partial charge in [0.2, 0.25) is 0 Å². The van der Waals surface area contributed by atoms with Crippen LogP contribution in [0.25, 0.3) is 0 Å². The monoisotopic (exact) mass is 198 g/mol. The van der Waals surface area contributed by atoms with Gasteiger partial charge in [-0.25, -0.2) is 0 Å². The maximum absolute atomic E-state index is 10.6. The Morgan fingerprint density at radius 2 is 1.43 bits per heavy atom. The molecular formula is C13H26O. The predicted octanol–water partition coefficient (Wildman–Crippen LogP) is 4.35. The summed E-state index contributed by atoms with van der Waals surface area (Å²) in [6.45, 7) is 6.29. The van der Waals surface area contributed by atoms with Gasteiger partial charge in [-0.1, -0.05) is 65.7 Å². The number of carbonyl (C=O) groups excluding carboxylic acids is 1. The highest BCUT2D eigenvalue weighted by Gasteiger charge is 2.14. The molecule has 84 valence electrons. The minimum Gasteiger partial charge on any atom is -0.303 e. The van der Waals surface area contributed by atoms with Crippen molar-refractivity contribution in [3.63, 3.8) is 0 Å². The lowest BCUT2D eigenvalue weighted by atomic mass is 9.88. The Balaban J connectivity index is 3.17. The van der Waals surface area contributed by atoms with E-state index in [0.29, 0.717) is 0 Å². The Kier molecular flexibility index (Phi) is 7.83. The van der Waals surface area contributed by atoms with Crippen molar-refractivity contribution in [1.29, 1.82) is 0 Å². The van der Waals surface area contributed by atoms with Gasteiger partial charge in [0.15, 0.2) is 0 Å². The molecule has 0 amide bonds. The standard InChI is InChI=1S/C13H26O/c1-4-5-6-7-8-9-10-11-13(2,3)12-14/h12H,4-11H2,1-3H3. The van der Waals surface area contributed by atoms with Crippen LogP contribution in [-0.2, 0) is 4.79 Å². The molecular weight excluding hydrogens is 172 g/mol. The SMILES string of the molecule is CCCCCCCCCC(C)(C)C=O. The van der Waals surface area contributed by atoms with E-state index >= 15 is 0 Å². The van der Waals surface area contributed by atoms with Gasteiger partial charge in [-0.3, -0.25) is 0 Å². The fourth-order valence-electron chi connectivity index (χ4n) is 1.60. The number of carbonyl (C=O) groups is 1. The molecule has 1 heteroatoms. The van der Waals surface area contributed by atoms with E-state index in [1.165, 1.54) is 44.9 Å². The normalized spacial score (nSPS) is 11.6. The summed E-state index contributed by atoms with van der Waals surface area (Å²) in [6, 6.07) is 0. The Morgan fingerprint density at radius 1 is 0.929 bits per heavy atom. The van der Waals surface area contributed by atoms with Gasteiger partial charge in [-0.15, -0.1) is 0 Å². The largest absolute Gasteiger partial charge is 0.303 e. The third-order valence-corrected chi connectivity index (χ3v) is 2.74. The first-order valence-electron chi connectivity index (χ1n) is 6.09. The van der Waals surface area contributed by atoms with Crippen molar-refractivity contribution in [3.05, 3.63) is 0 Å². The van der Waals surface area contributed by atoms with Crippen LogP contribution in [0.3, 0.4) is 0 Å². The molecule has 0 spiro atoms. The summed E-state index contributed by atoms with van der Waals surface area (Å²) in [4.78, 5) is 10.6. The van der Waals surface area contributed by atoms with E-state index in [1.54, 1.807) is 0 Å². The fourth-order valence-corrected chi connectivity index (χ4v) is 1.60. The van der Waals surface area contributed by atoms with Gasteiger partial charge in [0.25, 0.3) is 0 Å². The summed E-state index contributed by atoms with van der Waals surface area (Å²) in [6.07, 6.45) is 11.4. The predicted molar refractivity (Wildman–Crippen MR) is 62.5 cm³/mol. The molecule has 0 aliphatic carbocycles. The van der Waals surface area contributed by atoms with Crippen LogP contribution in [-0.4, -0.2) is 6.29 Å². The summed E-state index contributed by atoms with van der Waals surface area (Å²) in [5.41, 5.74) is -0.0938. The van der Waals surface area contributed by atoms with E-state index in [9.17, 15) is 4.79 Å². The first-order valence-corrected chi connectivity index (χ1v) is 6.09. The molecule has 0 rings (SSSR count). The lowest BCUT2D eigenvalue weighted by Crippen LogP contribution is -2.12. The van der Waals surface area contributed by atoms with Gasteiger partial charge in [0.1, 0.15) is 6.29 Å². The van der Waals surface area contributed by atoms with Gasteiger partial charge in [0.05, 0.1) is 0 Å². The Hall–Kier alpha value is -0.330. The van der Waals surface area contributed by atoms with E-state index in [4.69, 9.17) is 0 Å². The summed E-state index contributed by atoms with van der Waals surface area (Å²) in [7, 11) is 0. The van der Waals surface area contributed by atoms with Crippen LogP contribution in [0.4, 0.5) is 0 Å². The van der Waals surface area contributed by atoms with Crippen LogP contribution in [0.5, 0.6) is 0 Å². The molecule has 0 aliphatic heterocycles. The molecule has 0 bridgehead atoms. The highest BCUT2D eigenvalue weighted by atomic mass is 16.1. The number of aldehydes is 1. The van der Waals surface area contributed by atoms with Gasteiger partial charge in [0, 0.05) is 5.41 Å². The van der Waals surface area contributed by atoms with Crippen LogP contribution < -0.4 is 0 Å². The molecule has 0 aliphatic rings. The zero-order valence-electron chi connectivity index (χ0n) is 10.1. The van der Waals surface area contributed by atoms with Crippen molar-refractivity contribution in [1.82, 2.24) is 0 Å². The third kappa shape index (κ3) is 8.28. The van der Waals surface area contributed by atoms with E-state index in [-0.39, 0.29) is 5.41 Å². The average molecular weight is 198 g/mol. The maximum Gasteiger partial charge on any atom is 0.125 e.